The predicted octanol–water partition coefficient (Wildman–Crippen LogP) is 7.50. The molecule has 7 rings (SSSR count). The lowest BCUT2D eigenvalue weighted by molar-refractivity contribution is 0.764. The number of H-pyrrole nitrogens is 1. The van der Waals surface area contributed by atoms with Gasteiger partial charge in [0.25, 0.3) is 0 Å². The Balaban J connectivity index is 1.34. The Morgan fingerprint density at radius 2 is 1.46 bits per heavy atom. The lowest BCUT2D eigenvalue weighted by Gasteiger charge is -2.14. The fourth-order valence-electron chi connectivity index (χ4n) is 4.91. The van der Waals surface area contributed by atoms with Crippen molar-refractivity contribution in [2.75, 3.05) is 0 Å². The first-order valence-corrected chi connectivity index (χ1v) is 12.4. The maximum Gasteiger partial charge on any atom is 0.163 e. The second-order valence-electron chi connectivity index (χ2n) is 9.22. The lowest BCUT2D eigenvalue weighted by atomic mass is 10.00. The molecule has 1 atom stereocenters. The Labute approximate surface area is 214 Å². The topological polar surface area (TPSA) is 67.3 Å². The summed E-state index contributed by atoms with van der Waals surface area (Å²) in [5.74, 6) is 2.24. The predicted molar refractivity (Wildman–Crippen MR) is 149 cm³/mol. The van der Waals surface area contributed by atoms with Crippen molar-refractivity contribution in [1.82, 2.24) is 24.9 Å². The standard InChI is InChI=1S/C32H23N5/c1-3-9-21(10-4-1)30-35-31(22-11-5-2-6-12-22)37-32(36-30)24-17-18-33-29(20-24)23-15-16-28-26(19-23)25-13-7-8-14-27(25)34-28/h1-11,13-20,22,34H,12H2. The van der Waals surface area contributed by atoms with Crippen LogP contribution in [0.4, 0.5) is 0 Å². The summed E-state index contributed by atoms with van der Waals surface area (Å²) in [4.78, 5) is 22.9. The number of nitrogens with zero attached hydrogens (tertiary/aromatic N) is 4. The van der Waals surface area contributed by atoms with Crippen LogP contribution in [0.5, 0.6) is 0 Å². The number of hydrogen-bond donors (Lipinski definition) is 1. The quantitative estimate of drug-likeness (QED) is 0.285. The molecule has 0 radical (unpaired) electrons. The zero-order valence-electron chi connectivity index (χ0n) is 20.0. The summed E-state index contributed by atoms with van der Waals surface area (Å²) < 4.78 is 0. The van der Waals surface area contributed by atoms with Gasteiger partial charge < -0.3 is 4.98 Å². The largest absolute Gasteiger partial charge is 0.355 e. The number of benzene rings is 3. The number of allylic oxidation sites excluding steroid dienone is 4. The van der Waals surface area contributed by atoms with E-state index in [9.17, 15) is 0 Å². The van der Waals surface area contributed by atoms with Crippen molar-refractivity contribution < 1.29 is 0 Å². The van der Waals surface area contributed by atoms with Gasteiger partial charge in [-0.2, -0.15) is 0 Å². The fraction of sp³-hybridized carbons (Fsp3) is 0.0625. The molecule has 6 aromatic rings. The van der Waals surface area contributed by atoms with Crippen molar-refractivity contribution >= 4 is 21.8 Å². The first-order chi connectivity index (χ1) is 18.3. The van der Waals surface area contributed by atoms with Crippen molar-refractivity contribution in [1.29, 1.82) is 0 Å². The van der Waals surface area contributed by atoms with E-state index in [1.54, 1.807) is 0 Å². The number of hydrogen-bond acceptors (Lipinski definition) is 4. The molecule has 0 aliphatic heterocycles. The van der Waals surface area contributed by atoms with E-state index in [1.807, 2.05) is 42.6 Å². The maximum absolute atomic E-state index is 4.93. The van der Waals surface area contributed by atoms with Crippen molar-refractivity contribution in [2.24, 2.45) is 0 Å². The van der Waals surface area contributed by atoms with Crippen molar-refractivity contribution in [3.8, 4) is 34.0 Å². The third-order valence-electron chi connectivity index (χ3n) is 6.82. The SMILES string of the molecule is C1=CCC(c2nc(-c3ccccc3)nc(-c3ccnc(-c4ccc5[nH]c6ccccc6c5c4)c3)n2)C=C1. The normalized spacial score (nSPS) is 15.0. The minimum atomic E-state index is 0.125. The van der Waals surface area contributed by atoms with Gasteiger partial charge in [0.1, 0.15) is 5.82 Å². The Morgan fingerprint density at radius 3 is 2.32 bits per heavy atom. The van der Waals surface area contributed by atoms with E-state index in [0.29, 0.717) is 11.6 Å². The average Bonchev–Trinajstić information content (AvgIpc) is 3.36. The molecule has 1 aliphatic carbocycles. The summed E-state index contributed by atoms with van der Waals surface area (Å²) in [6.07, 6.45) is 11.1. The summed E-state index contributed by atoms with van der Waals surface area (Å²) in [7, 11) is 0. The minimum Gasteiger partial charge on any atom is -0.355 e. The molecule has 1 aliphatic rings. The maximum atomic E-state index is 4.93. The van der Waals surface area contributed by atoms with Gasteiger partial charge in [0.2, 0.25) is 0 Å². The van der Waals surface area contributed by atoms with Gasteiger partial charge in [-0.25, -0.2) is 15.0 Å². The number of rotatable bonds is 4. The Bertz CT molecular complexity index is 1810. The smallest absolute Gasteiger partial charge is 0.163 e. The van der Waals surface area contributed by atoms with Gasteiger partial charge in [-0.3, -0.25) is 4.98 Å². The van der Waals surface area contributed by atoms with Gasteiger partial charge in [-0.15, -0.1) is 0 Å². The molecule has 0 amide bonds. The van der Waals surface area contributed by atoms with E-state index < -0.39 is 0 Å². The number of pyridine rings is 1. The summed E-state index contributed by atoms with van der Waals surface area (Å²) in [6, 6.07) is 28.9. The van der Waals surface area contributed by atoms with E-state index in [2.05, 4.69) is 77.8 Å². The molecule has 3 aromatic heterocycles. The summed E-state index contributed by atoms with van der Waals surface area (Å²) in [5, 5.41) is 2.39. The van der Waals surface area contributed by atoms with Gasteiger partial charge in [0, 0.05) is 50.6 Å². The third-order valence-corrected chi connectivity index (χ3v) is 6.82. The van der Waals surface area contributed by atoms with Gasteiger partial charge in [-0.05, 0) is 36.8 Å². The molecule has 5 heteroatoms. The summed E-state index contributed by atoms with van der Waals surface area (Å²) in [5.41, 5.74) is 6.08. The first-order valence-electron chi connectivity index (χ1n) is 12.4. The van der Waals surface area contributed by atoms with Crippen LogP contribution in [0.2, 0.25) is 0 Å². The number of para-hydroxylation sites is 1. The Kier molecular flexibility index (Phi) is 5.18. The van der Waals surface area contributed by atoms with E-state index in [4.69, 9.17) is 19.9 Å². The molecule has 1 unspecified atom stereocenters. The second-order valence-corrected chi connectivity index (χ2v) is 9.22. The molecule has 3 aromatic carbocycles. The van der Waals surface area contributed by atoms with Crippen LogP contribution >= 0.6 is 0 Å². The number of aromatic amines is 1. The summed E-state index contributed by atoms with van der Waals surface area (Å²) in [6.45, 7) is 0. The highest BCUT2D eigenvalue weighted by atomic mass is 15.0. The van der Waals surface area contributed by atoms with E-state index in [0.717, 1.165) is 45.7 Å². The van der Waals surface area contributed by atoms with Crippen LogP contribution < -0.4 is 0 Å². The molecule has 3 heterocycles. The Hall–Kier alpha value is -4.90. The van der Waals surface area contributed by atoms with Crippen LogP contribution in [0, 0.1) is 0 Å². The number of nitrogens with one attached hydrogen (secondary N) is 1. The molecular formula is C32H23N5. The minimum absolute atomic E-state index is 0.125. The molecule has 0 fully saturated rings. The third kappa shape index (κ3) is 4.00. The number of fused-ring (bicyclic) bond motifs is 3. The molecule has 5 nitrogen and oxygen atoms in total. The zero-order valence-corrected chi connectivity index (χ0v) is 20.0. The molecule has 0 spiro atoms. The molecule has 37 heavy (non-hydrogen) atoms. The first kappa shape index (κ1) is 21.4. The van der Waals surface area contributed by atoms with Crippen LogP contribution in [-0.2, 0) is 0 Å². The van der Waals surface area contributed by atoms with E-state index in [-0.39, 0.29) is 5.92 Å². The van der Waals surface area contributed by atoms with Gasteiger partial charge in [-0.1, -0.05) is 78.9 Å². The van der Waals surface area contributed by atoms with Crippen LogP contribution in [0.1, 0.15) is 18.2 Å². The zero-order chi connectivity index (χ0) is 24.6. The fourth-order valence-corrected chi connectivity index (χ4v) is 4.91. The highest BCUT2D eigenvalue weighted by Crippen LogP contribution is 2.31. The highest BCUT2D eigenvalue weighted by Gasteiger charge is 2.17. The van der Waals surface area contributed by atoms with Crippen LogP contribution in [0.25, 0.3) is 55.8 Å². The molecule has 176 valence electrons. The van der Waals surface area contributed by atoms with E-state index >= 15 is 0 Å². The van der Waals surface area contributed by atoms with Crippen molar-refractivity contribution in [3.63, 3.8) is 0 Å². The van der Waals surface area contributed by atoms with Crippen molar-refractivity contribution in [2.45, 2.75) is 12.3 Å². The van der Waals surface area contributed by atoms with Crippen LogP contribution in [0.3, 0.4) is 0 Å². The average molecular weight is 478 g/mol. The molecule has 0 bridgehead atoms. The van der Waals surface area contributed by atoms with Gasteiger partial charge >= 0.3 is 0 Å². The molecule has 1 N–H and O–H groups in total. The van der Waals surface area contributed by atoms with Crippen LogP contribution in [0.15, 0.2) is 115 Å². The molecule has 0 saturated carbocycles. The highest BCUT2D eigenvalue weighted by molar-refractivity contribution is 6.08. The molecular weight excluding hydrogens is 454 g/mol. The number of aromatic nitrogens is 5. The van der Waals surface area contributed by atoms with Crippen LogP contribution in [-0.4, -0.2) is 24.9 Å². The van der Waals surface area contributed by atoms with Crippen molar-refractivity contribution in [3.05, 3.63) is 121 Å². The monoisotopic (exact) mass is 477 g/mol. The second kappa shape index (κ2) is 8.95. The van der Waals surface area contributed by atoms with Gasteiger partial charge in [0.05, 0.1) is 5.69 Å². The summed E-state index contributed by atoms with van der Waals surface area (Å²) >= 11 is 0. The van der Waals surface area contributed by atoms with E-state index in [1.165, 1.54) is 10.8 Å². The molecule has 0 saturated heterocycles. The van der Waals surface area contributed by atoms with Gasteiger partial charge in [0.15, 0.2) is 11.6 Å². The lowest BCUT2D eigenvalue weighted by Crippen LogP contribution is -2.07. The Morgan fingerprint density at radius 1 is 0.649 bits per heavy atom.